The lowest BCUT2D eigenvalue weighted by molar-refractivity contribution is 0.806. The number of rotatable bonds is 4. The highest BCUT2D eigenvalue weighted by Crippen LogP contribution is 2.23. The van der Waals surface area contributed by atoms with Gasteiger partial charge >= 0.3 is 0 Å². The quantitative estimate of drug-likeness (QED) is 0.737. The summed E-state index contributed by atoms with van der Waals surface area (Å²) >= 11 is 7.06. The Labute approximate surface area is 118 Å². The van der Waals surface area contributed by atoms with Crippen molar-refractivity contribution in [3.05, 3.63) is 46.5 Å². The fraction of sp³-hybridized carbons (Fsp3) is 0.308. The van der Waals surface area contributed by atoms with Gasteiger partial charge in [0.05, 0.1) is 5.69 Å². The Bertz CT molecular complexity index is 506. The molecule has 0 fully saturated rings. The molecule has 1 aromatic heterocycles. The van der Waals surface area contributed by atoms with E-state index in [1.54, 1.807) is 0 Å². The maximum absolute atomic E-state index is 4.42. The van der Waals surface area contributed by atoms with Crippen molar-refractivity contribution in [2.75, 3.05) is 0 Å². The van der Waals surface area contributed by atoms with Gasteiger partial charge in [0, 0.05) is 28.6 Å². The van der Waals surface area contributed by atoms with Crippen molar-refractivity contribution < 1.29 is 0 Å². The van der Waals surface area contributed by atoms with Gasteiger partial charge in [0.2, 0.25) is 0 Å². The van der Waals surface area contributed by atoms with E-state index in [2.05, 4.69) is 66.5 Å². The molecule has 0 aliphatic rings. The van der Waals surface area contributed by atoms with E-state index in [1.807, 2.05) is 12.4 Å². The number of nitrogens with zero attached hydrogens (tertiary/aromatic N) is 2. The van der Waals surface area contributed by atoms with E-state index in [9.17, 15) is 0 Å². The van der Waals surface area contributed by atoms with Crippen LogP contribution in [0.4, 0.5) is 0 Å². The molecule has 0 saturated heterocycles. The molecule has 0 aliphatic carbocycles. The summed E-state index contributed by atoms with van der Waals surface area (Å²) in [6, 6.07) is 6.33. The predicted octanol–water partition coefficient (Wildman–Crippen LogP) is 4.48. The van der Waals surface area contributed by atoms with Crippen LogP contribution in [0.1, 0.15) is 24.7 Å². The maximum Gasteiger partial charge on any atom is 0.113 e. The molecule has 2 nitrogen and oxygen atoms in total. The van der Waals surface area contributed by atoms with Crippen LogP contribution in [0.2, 0.25) is 0 Å². The molecule has 2 aromatic rings. The van der Waals surface area contributed by atoms with Crippen molar-refractivity contribution in [2.24, 2.45) is 0 Å². The van der Waals surface area contributed by atoms with E-state index < -0.39 is 0 Å². The normalized spacial score (nSPS) is 10.8. The van der Waals surface area contributed by atoms with Crippen LogP contribution in [0.3, 0.4) is 0 Å². The minimum Gasteiger partial charge on any atom is -0.303 e. The molecule has 0 amide bonds. The van der Waals surface area contributed by atoms with E-state index >= 15 is 0 Å². The summed E-state index contributed by atoms with van der Waals surface area (Å²) in [5.41, 5.74) is 2.46. The van der Waals surface area contributed by atoms with Gasteiger partial charge in [0.15, 0.2) is 0 Å². The monoisotopic (exact) mass is 356 g/mol. The maximum atomic E-state index is 4.42. The second-order valence-corrected chi connectivity index (χ2v) is 5.35. The van der Waals surface area contributed by atoms with Gasteiger partial charge in [-0.25, -0.2) is 4.98 Å². The van der Waals surface area contributed by atoms with E-state index in [0.717, 1.165) is 28.5 Å². The number of hydrogen-bond donors (Lipinski definition) is 0. The average Bonchev–Trinajstić information content (AvgIpc) is 2.77. The minimum atomic E-state index is 0.847. The van der Waals surface area contributed by atoms with Crippen molar-refractivity contribution in [1.29, 1.82) is 0 Å². The number of aromatic nitrogens is 2. The summed E-state index contributed by atoms with van der Waals surface area (Å²) in [5.74, 6) is 1.12. The summed E-state index contributed by atoms with van der Waals surface area (Å²) in [4.78, 5) is 4.42. The van der Waals surface area contributed by atoms with Crippen LogP contribution in [-0.2, 0) is 11.8 Å². The first-order valence-electron chi connectivity index (χ1n) is 5.63. The van der Waals surface area contributed by atoms with Gasteiger partial charge in [0.25, 0.3) is 0 Å². The Balaban J connectivity index is 2.51. The third-order valence-corrected chi connectivity index (χ3v) is 3.74. The van der Waals surface area contributed by atoms with E-state index in [4.69, 9.17) is 0 Å². The zero-order valence-electron chi connectivity index (χ0n) is 9.66. The highest BCUT2D eigenvalue weighted by Gasteiger charge is 2.08. The van der Waals surface area contributed by atoms with Gasteiger partial charge < -0.3 is 4.57 Å². The Morgan fingerprint density at radius 1 is 1.35 bits per heavy atom. The fourth-order valence-electron chi connectivity index (χ4n) is 1.84. The third kappa shape index (κ3) is 2.80. The van der Waals surface area contributed by atoms with Crippen LogP contribution in [0.15, 0.2) is 35.1 Å². The van der Waals surface area contributed by atoms with Gasteiger partial charge in [0.1, 0.15) is 5.82 Å². The molecule has 90 valence electrons. The summed E-state index contributed by atoms with van der Waals surface area (Å²) in [6.07, 6.45) is 6.00. The topological polar surface area (TPSA) is 17.8 Å². The van der Waals surface area contributed by atoms with Crippen molar-refractivity contribution >= 4 is 31.9 Å². The summed E-state index contributed by atoms with van der Waals surface area (Å²) in [7, 11) is 0. The molecule has 0 bridgehead atoms. The smallest absolute Gasteiger partial charge is 0.113 e. The molecule has 0 aliphatic heterocycles. The van der Waals surface area contributed by atoms with Gasteiger partial charge in [-0.05, 0) is 24.1 Å². The first-order chi connectivity index (χ1) is 8.26. The number of aryl methyl sites for hydroxylation is 1. The number of halogens is 2. The first-order valence-corrected chi connectivity index (χ1v) is 7.54. The average molecular weight is 358 g/mol. The second kappa shape index (κ2) is 5.83. The number of benzene rings is 1. The summed E-state index contributed by atoms with van der Waals surface area (Å²) in [5, 5.41) is 0.847. The summed E-state index contributed by atoms with van der Waals surface area (Å²) < 4.78 is 3.26. The highest BCUT2D eigenvalue weighted by molar-refractivity contribution is 9.10. The lowest BCUT2D eigenvalue weighted by atomic mass is 10.2. The molecule has 0 N–H and O–H groups in total. The lowest BCUT2D eigenvalue weighted by Gasteiger charge is -2.12. The van der Waals surface area contributed by atoms with Crippen LogP contribution in [0, 0.1) is 0 Å². The molecule has 0 saturated carbocycles. The molecular formula is C13H14Br2N2. The highest BCUT2D eigenvalue weighted by atomic mass is 79.9. The molecule has 4 heteroatoms. The van der Waals surface area contributed by atoms with Crippen LogP contribution in [0.25, 0.3) is 5.69 Å². The Kier molecular flexibility index (Phi) is 4.40. The molecule has 17 heavy (non-hydrogen) atoms. The van der Waals surface area contributed by atoms with Gasteiger partial charge in [-0.1, -0.05) is 44.8 Å². The van der Waals surface area contributed by atoms with Crippen molar-refractivity contribution in [3.63, 3.8) is 0 Å². The number of imidazole rings is 1. The molecule has 1 aromatic carbocycles. The van der Waals surface area contributed by atoms with Crippen molar-refractivity contribution in [2.45, 2.75) is 25.1 Å². The minimum absolute atomic E-state index is 0.847. The standard InChI is InChI=1S/C13H14Br2N2/c1-2-3-13-16-6-7-17(13)12-8-11(15)5-4-10(12)9-14/h4-8H,2-3,9H2,1H3. The van der Waals surface area contributed by atoms with Crippen molar-refractivity contribution in [3.8, 4) is 5.69 Å². The van der Waals surface area contributed by atoms with Gasteiger partial charge in [-0.3, -0.25) is 0 Å². The molecule has 0 atom stereocenters. The zero-order valence-corrected chi connectivity index (χ0v) is 12.8. The summed E-state index contributed by atoms with van der Waals surface area (Å²) in [6.45, 7) is 2.17. The third-order valence-electron chi connectivity index (χ3n) is 2.64. The van der Waals surface area contributed by atoms with Gasteiger partial charge in [-0.15, -0.1) is 0 Å². The number of alkyl halides is 1. The molecule has 2 rings (SSSR count). The second-order valence-electron chi connectivity index (χ2n) is 3.87. The molecule has 0 radical (unpaired) electrons. The van der Waals surface area contributed by atoms with E-state index in [1.165, 1.54) is 11.3 Å². The number of hydrogen-bond acceptors (Lipinski definition) is 1. The Morgan fingerprint density at radius 2 is 2.18 bits per heavy atom. The van der Waals surface area contributed by atoms with Gasteiger partial charge in [-0.2, -0.15) is 0 Å². The SMILES string of the molecule is CCCc1nccn1-c1cc(Br)ccc1CBr. The molecule has 0 spiro atoms. The molecule has 1 heterocycles. The van der Waals surface area contributed by atoms with Crippen LogP contribution in [-0.4, -0.2) is 9.55 Å². The lowest BCUT2D eigenvalue weighted by Crippen LogP contribution is -2.03. The van der Waals surface area contributed by atoms with E-state index in [-0.39, 0.29) is 0 Å². The van der Waals surface area contributed by atoms with Crippen LogP contribution in [0.5, 0.6) is 0 Å². The molecular weight excluding hydrogens is 344 g/mol. The zero-order chi connectivity index (χ0) is 12.3. The van der Waals surface area contributed by atoms with Crippen LogP contribution >= 0.6 is 31.9 Å². The largest absolute Gasteiger partial charge is 0.303 e. The molecule has 0 unspecified atom stereocenters. The van der Waals surface area contributed by atoms with E-state index in [0.29, 0.717) is 0 Å². The van der Waals surface area contributed by atoms with Crippen molar-refractivity contribution in [1.82, 2.24) is 9.55 Å². The Morgan fingerprint density at radius 3 is 2.88 bits per heavy atom. The van der Waals surface area contributed by atoms with Crippen LogP contribution < -0.4 is 0 Å². The first kappa shape index (κ1) is 12.8. The Hall–Kier alpha value is -0.610. The fourth-order valence-corrected chi connectivity index (χ4v) is 2.66. The predicted molar refractivity (Wildman–Crippen MR) is 77.9 cm³/mol.